The van der Waals surface area contributed by atoms with Crippen molar-refractivity contribution in [1.29, 1.82) is 0 Å². The number of rotatable bonds is 7. The number of imidazole rings is 1. The minimum absolute atomic E-state index is 0.0756. The number of carboxylic acids is 1. The van der Waals surface area contributed by atoms with E-state index in [1.807, 2.05) is 42.6 Å². The van der Waals surface area contributed by atoms with Crippen molar-refractivity contribution < 1.29 is 14.7 Å². The molecule has 6 heteroatoms. The first-order valence-electron chi connectivity index (χ1n) is 13.8. The fourth-order valence-corrected chi connectivity index (χ4v) is 6.19. The van der Waals surface area contributed by atoms with Crippen LogP contribution in [-0.2, 0) is 6.54 Å². The van der Waals surface area contributed by atoms with E-state index in [4.69, 9.17) is 0 Å². The topological polar surface area (TPSA) is 81.3 Å². The Morgan fingerprint density at radius 2 is 1.49 bits per heavy atom. The quantitative estimate of drug-likeness (QED) is 0.390. The molecule has 0 unspecified atom stereocenters. The first kappa shape index (κ1) is 25.2. The lowest BCUT2D eigenvalue weighted by Gasteiger charge is -2.22. The van der Waals surface area contributed by atoms with Crippen LogP contribution in [0.4, 0.5) is 0 Å². The summed E-state index contributed by atoms with van der Waals surface area (Å²) < 4.78 is 3.19. The molecular weight excluding hydrogens is 464 g/mol. The second-order valence-electron chi connectivity index (χ2n) is 10.8. The standard InChI is InChI=1S/C31H36N2O4/c34-29(19-22-9-3-1-4-10-22)33-21-28(25-11-5-2-6-12-25)32(31(33)37)20-23-15-17-24(18-16-23)26-13-7-8-14-27(26)30(35)36/h7-8,13-18,21-22,25H,1-6,9-12,19-20H2,(H,35,36). The normalized spacial score (nSPS) is 17.1. The maximum Gasteiger partial charge on any atom is 0.336 e. The Morgan fingerprint density at radius 3 is 2.16 bits per heavy atom. The summed E-state index contributed by atoms with van der Waals surface area (Å²) in [7, 11) is 0. The van der Waals surface area contributed by atoms with Crippen molar-refractivity contribution in [3.63, 3.8) is 0 Å². The van der Waals surface area contributed by atoms with Crippen molar-refractivity contribution in [1.82, 2.24) is 9.13 Å². The van der Waals surface area contributed by atoms with Gasteiger partial charge in [0.2, 0.25) is 5.91 Å². The first-order chi connectivity index (χ1) is 18.0. The van der Waals surface area contributed by atoms with Crippen LogP contribution in [0, 0.1) is 5.92 Å². The van der Waals surface area contributed by atoms with Crippen LogP contribution in [0.2, 0.25) is 0 Å². The molecule has 3 aromatic rings. The summed E-state index contributed by atoms with van der Waals surface area (Å²) in [5, 5.41) is 9.54. The van der Waals surface area contributed by atoms with Gasteiger partial charge in [-0.3, -0.25) is 9.36 Å². The highest BCUT2D eigenvalue weighted by atomic mass is 16.4. The zero-order valence-corrected chi connectivity index (χ0v) is 21.4. The van der Waals surface area contributed by atoms with E-state index in [-0.39, 0.29) is 17.2 Å². The number of hydrogen-bond acceptors (Lipinski definition) is 3. The van der Waals surface area contributed by atoms with E-state index in [9.17, 15) is 19.5 Å². The molecule has 0 saturated heterocycles. The average molecular weight is 501 g/mol. The molecule has 1 heterocycles. The van der Waals surface area contributed by atoms with Crippen molar-refractivity contribution in [2.45, 2.75) is 83.1 Å². The fourth-order valence-electron chi connectivity index (χ4n) is 6.19. The van der Waals surface area contributed by atoms with Crippen LogP contribution < -0.4 is 5.69 Å². The number of carbonyl (C=O) groups excluding carboxylic acids is 1. The van der Waals surface area contributed by atoms with E-state index in [2.05, 4.69) is 0 Å². The van der Waals surface area contributed by atoms with Gasteiger partial charge in [-0.25, -0.2) is 14.2 Å². The highest BCUT2D eigenvalue weighted by Gasteiger charge is 2.26. The predicted molar refractivity (Wildman–Crippen MR) is 144 cm³/mol. The molecule has 2 fully saturated rings. The van der Waals surface area contributed by atoms with Crippen molar-refractivity contribution in [2.75, 3.05) is 0 Å². The highest BCUT2D eigenvalue weighted by Crippen LogP contribution is 2.33. The molecule has 0 radical (unpaired) electrons. The van der Waals surface area contributed by atoms with Gasteiger partial charge in [-0.2, -0.15) is 0 Å². The molecule has 194 valence electrons. The molecule has 1 aromatic heterocycles. The lowest BCUT2D eigenvalue weighted by Crippen LogP contribution is -2.31. The smallest absolute Gasteiger partial charge is 0.336 e. The number of aromatic carboxylic acids is 1. The molecule has 6 nitrogen and oxygen atoms in total. The Morgan fingerprint density at radius 1 is 0.838 bits per heavy atom. The van der Waals surface area contributed by atoms with E-state index >= 15 is 0 Å². The largest absolute Gasteiger partial charge is 0.478 e. The second-order valence-corrected chi connectivity index (χ2v) is 10.8. The summed E-state index contributed by atoms with van der Waals surface area (Å²) in [5.74, 6) is -0.348. The maximum atomic E-state index is 13.6. The number of aromatic nitrogens is 2. The summed E-state index contributed by atoms with van der Waals surface area (Å²) in [6.45, 7) is 0.398. The van der Waals surface area contributed by atoms with E-state index in [0.29, 0.717) is 30.4 Å². The number of nitrogens with zero attached hydrogens (tertiary/aromatic N) is 2. The summed E-state index contributed by atoms with van der Waals surface area (Å²) >= 11 is 0. The van der Waals surface area contributed by atoms with Crippen LogP contribution in [-0.4, -0.2) is 26.1 Å². The molecule has 1 N–H and O–H groups in total. The van der Waals surface area contributed by atoms with Gasteiger partial charge in [-0.15, -0.1) is 0 Å². The van der Waals surface area contributed by atoms with Gasteiger partial charge >= 0.3 is 11.7 Å². The fraction of sp³-hybridized carbons (Fsp3) is 0.452. The lowest BCUT2D eigenvalue weighted by atomic mass is 9.86. The van der Waals surface area contributed by atoms with E-state index < -0.39 is 5.97 Å². The molecule has 0 spiro atoms. The van der Waals surface area contributed by atoms with Gasteiger partial charge in [-0.1, -0.05) is 81.0 Å². The third kappa shape index (κ3) is 5.63. The SMILES string of the molecule is O=C(O)c1ccccc1-c1ccc(Cn2c(C3CCCCC3)cn(C(=O)CC3CCCCC3)c2=O)cc1. The summed E-state index contributed by atoms with van der Waals surface area (Å²) in [5.41, 5.74) is 3.44. The summed E-state index contributed by atoms with van der Waals surface area (Å²) in [6.07, 6.45) is 13.7. The summed E-state index contributed by atoms with van der Waals surface area (Å²) in [6, 6.07) is 14.7. The van der Waals surface area contributed by atoms with Gasteiger partial charge < -0.3 is 5.11 Å². The first-order valence-corrected chi connectivity index (χ1v) is 13.8. The van der Waals surface area contributed by atoms with Crippen LogP contribution in [0.5, 0.6) is 0 Å². The third-order valence-electron chi connectivity index (χ3n) is 8.25. The molecular formula is C31H36N2O4. The Balaban J connectivity index is 1.42. The maximum absolute atomic E-state index is 13.6. The highest BCUT2D eigenvalue weighted by molar-refractivity contribution is 5.96. The van der Waals surface area contributed by atoms with Gasteiger partial charge in [-0.05, 0) is 54.4 Å². The van der Waals surface area contributed by atoms with Crippen molar-refractivity contribution in [3.05, 3.63) is 82.0 Å². The van der Waals surface area contributed by atoms with Gasteiger partial charge in [0.25, 0.3) is 0 Å². The number of carbonyl (C=O) groups is 2. The van der Waals surface area contributed by atoms with Gasteiger partial charge in [0, 0.05) is 24.2 Å². The molecule has 0 amide bonds. The zero-order valence-electron chi connectivity index (χ0n) is 21.4. The van der Waals surface area contributed by atoms with Crippen LogP contribution in [0.3, 0.4) is 0 Å². The zero-order chi connectivity index (χ0) is 25.8. The van der Waals surface area contributed by atoms with E-state index in [1.54, 1.807) is 16.7 Å². The molecule has 0 aliphatic heterocycles. The van der Waals surface area contributed by atoms with Crippen LogP contribution >= 0.6 is 0 Å². The molecule has 0 atom stereocenters. The van der Waals surface area contributed by atoms with Crippen molar-refractivity contribution >= 4 is 11.9 Å². The number of hydrogen-bond donors (Lipinski definition) is 1. The lowest BCUT2D eigenvalue weighted by molar-refractivity contribution is 0.0697. The number of carboxylic acid groups (broad SMARTS) is 1. The monoisotopic (exact) mass is 500 g/mol. The molecule has 2 aliphatic rings. The Kier molecular flexibility index (Phi) is 7.73. The Bertz CT molecular complexity index is 1310. The third-order valence-corrected chi connectivity index (χ3v) is 8.25. The molecule has 2 aliphatic carbocycles. The van der Waals surface area contributed by atoms with Gasteiger partial charge in [0.15, 0.2) is 0 Å². The van der Waals surface area contributed by atoms with Crippen molar-refractivity contribution in [2.24, 2.45) is 5.92 Å². The summed E-state index contributed by atoms with van der Waals surface area (Å²) in [4.78, 5) is 38.4. The molecule has 2 aromatic carbocycles. The molecule has 0 bridgehead atoms. The Labute approximate surface area is 218 Å². The average Bonchev–Trinajstić information content (AvgIpc) is 3.26. The predicted octanol–water partition coefficient (Wildman–Crippen LogP) is 6.72. The molecule has 2 saturated carbocycles. The molecule has 37 heavy (non-hydrogen) atoms. The minimum atomic E-state index is -0.956. The van der Waals surface area contributed by atoms with E-state index in [0.717, 1.165) is 55.3 Å². The molecule has 5 rings (SSSR count). The van der Waals surface area contributed by atoms with Crippen LogP contribution in [0.25, 0.3) is 11.1 Å². The minimum Gasteiger partial charge on any atom is -0.478 e. The van der Waals surface area contributed by atoms with Crippen molar-refractivity contribution in [3.8, 4) is 11.1 Å². The number of benzene rings is 2. The van der Waals surface area contributed by atoms with Gasteiger partial charge in [0.1, 0.15) is 0 Å². The van der Waals surface area contributed by atoms with E-state index in [1.165, 1.54) is 30.3 Å². The second kappa shape index (κ2) is 11.3. The Hall–Kier alpha value is -3.41. The van der Waals surface area contributed by atoms with Gasteiger partial charge in [0.05, 0.1) is 12.1 Å². The van der Waals surface area contributed by atoms with Crippen LogP contribution in [0.15, 0.2) is 59.5 Å². The van der Waals surface area contributed by atoms with Crippen LogP contribution in [0.1, 0.15) is 103 Å².